The van der Waals surface area contributed by atoms with Crippen LogP contribution in [0.2, 0.25) is 10.0 Å². The molecule has 1 saturated carbocycles. The van der Waals surface area contributed by atoms with E-state index in [2.05, 4.69) is 35.6 Å². The Morgan fingerprint density at radius 1 is 0.964 bits per heavy atom. The zero-order valence-corrected chi connectivity index (χ0v) is 16.8. The van der Waals surface area contributed by atoms with Crippen molar-refractivity contribution in [1.82, 2.24) is 5.32 Å². The number of benzene rings is 2. The molecule has 5 nitrogen and oxygen atoms in total. The van der Waals surface area contributed by atoms with Crippen molar-refractivity contribution < 1.29 is 19.8 Å². The highest BCUT2D eigenvalue weighted by Crippen LogP contribution is 2.32. The molecule has 28 heavy (non-hydrogen) atoms. The van der Waals surface area contributed by atoms with Gasteiger partial charge in [0.25, 0.3) is 0 Å². The molecule has 2 aromatic carbocycles. The number of carboxylic acid groups (broad SMARTS) is 2. The Labute approximate surface area is 174 Å². The van der Waals surface area contributed by atoms with E-state index in [0.717, 1.165) is 31.2 Å². The quantitative estimate of drug-likeness (QED) is 0.596. The molecule has 2 aromatic rings. The first kappa shape index (κ1) is 22.1. The van der Waals surface area contributed by atoms with E-state index in [-0.39, 0.29) is 11.9 Å². The van der Waals surface area contributed by atoms with Crippen molar-refractivity contribution in [2.75, 3.05) is 0 Å². The van der Waals surface area contributed by atoms with Gasteiger partial charge in [-0.2, -0.15) is 0 Å². The van der Waals surface area contributed by atoms with Gasteiger partial charge < -0.3 is 15.5 Å². The van der Waals surface area contributed by atoms with Crippen molar-refractivity contribution >= 4 is 35.3 Å². The molecule has 150 valence electrons. The molecule has 0 aliphatic heterocycles. The van der Waals surface area contributed by atoms with Gasteiger partial charge >= 0.3 is 6.16 Å². The summed E-state index contributed by atoms with van der Waals surface area (Å²) >= 11 is 12.0. The summed E-state index contributed by atoms with van der Waals surface area (Å²) in [5.74, 6) is 0.646. The normalized spacial score (nSPS) is 18.5. The molecule has 0 spiro atoms. The minimum absolute atomic E-state index is 0.0300. The Bertz CT molecular complexity index is 786. The molecule has 1 aliphatic rings. The highest BCUT2D eigenvalue weighted by atomic mass is 35.5. The zero-order valence-electron chi connectivity index (χ0n) is 15.3. The number of carbonyl (C=O) groups excluding carboxylic acids is 1. The molecule has 0 unspecified atom stereocenters. The van der Waals surface area contributed by atoms with Gasteiger partial charge in [0.1, 0.15) is 0 Å². The minimum Gasteiger partial charge on any atom is -0.450 e. The van der Waals surface area contributed by atoms with E-state index in [9.17, 15) is 4.79 Å². The van der Waals surface area contributed by atoms with Gasteiger partial charge in [-0.25, -0.2) is 4.79 Å². The number of halogens is 2. The highest BCUT2D eigenvalue weighted by molar-refractivity contribution is 6.35. The van der Waals surface area contributed by atoms with Crippen LogP contribution in [0.4, 0.5) is 4.79 Å². The van der Waals surface area contributed by atoms with Crippen LogP contribution in [0.1, 0.15) is 42.7 Å². The number of rotatable bonds is 4. The van der Waals surface area contributed by atoms with Gasteiger partial charge in [0, 0.05) is 16.1 Å². The Balaban J connectivity index is 0.000000640. The lowest BCUT2D eigenvalue weighted by Crippen LogP contribution is -2.38. The van der Waals surface area contributed by atoms with E-state index in [1.807, 2.05) is 6.07 Å². The van der Waals surface area contributed by atoms with Crippen LogP contribution in [-0.2, 0) is 11.2 Å². The third-order valence-corrected chi connectivity index (χ3v) is 5.32. The molecule has 0 radical (unpaired) electrons. The number of hydrogen-bond acceptors (Lipinski definition) is 2. The van der Waals surface area contributed by atoms with Crippen LogP contribution in [-0.4, -0.2) is 28.3 Å². The molecule has 0 aromatic heterocycles. The lowest BCUT2D eigenvalue weighted by molar-refractivity contribution is -0.121. The monoisotopic (exact) mass is 423 g/mol. The predicted octanol–water partition coefficient (Wildman–Crippen LogP) is 5.60. The minimum atomic E-state index is -1.83. The van der Waals surface area contributed by atoms with Crippen LogP contribution in [0, 0.1) is 0 Å². The molecule has 3 rings (SSSR count). The molecule has 7 heteroatoms. The number of nitrogens with one attached hydrogen (secondary N) is 1. The SMILES string of the molecule is O=C(Cc1ccc(Cl)cc1Cl)NC1CCC(c2ccccc2)CC1.O=C(O)O. The van der Waals surface area contributed by atoms with E-state index >= 15 is 0 Å². The van der Waals surface area contributed by atoms with E-state index in [4.69, 9.17) is 38.2 Å². The van der Waals surface area contributed by atoms with Crippen LogP contribution in [0.3, 0.4) is 0 Å². The standard InChI is InChI=1S/C20H21Cl2NO.CH2O3/c21-17-9-6-16(19(22)13-17)12-20(24)23-18-10-7-15(8-11-18)14-4-2-1-3-5-14;2-1(3)4/h1-6,9,13,15,18H,7-8,10-12H2,(H,23,24);(H2,2,3,4). The summed E-state index contributed by atoms with van der Waals surface area (Å²) in [7, 11) is 0. The van der Waals surface area contributed by atoms with E-state index in [0.29, 0.717) is 22.4 Å². The summed E-state index contributed by atoms with van der Waals surface area (Å²) < 4.78 is 0. The molecule has 0 atom stereocenters. The van der Waals surface area contributed by atoms with Gasteiger partial charge in [-0.1, -0.05) is 59.6 Å². The second-order valence-corrected chi connectivity index (χ2v) is 7.57. The number of hydrogen-bond donors (Lipinski definition) is 3. The Morgan fingerprint density at radius 2 is 1.57 bits per heavy atom. The first-order chi connectivity index (χ1) is 13.3. The molecular weight excluding hydrogens is 401 g/mol. The van der Waals surface area contributed by atoms with Crippen LogP contribution in [0.25, 0.3) is 0 Å². The molecule has 1 fully saturated rings. The predicted molar refractivity (Wildman–Crippen MR) is 110 cm³/mol. The second kappa shape index (κ2) is 10.9. The van der Waals surface area contributed by atoms with Gasteiger partial charge in [-0.3, -0.25) is 4.79 Å². The van der Waals surface area contributed by atoms with Gasteiger partial charge in [0.15, 0.2) is 0 Å². The maximum Gasteiger partial charge on any atom is 0.503 e. The topological polar surface area (TPSA) is 86.6 Å². The summed E-state index contributed by atoms with van der Waals surface area (Å²) in [5, 5.41) is 18.2. The van der Waals surface area contributed by atoms with Gasteiger partial charge in [-0.15, -0.1) is 0 Å². The van der Waals surface area contributed by atoms with Gasteiger partial charge in [-0.05, 0) is 54.9 Å². The molecule has 3 N–H and O–H groups in total. The fourth-order valence-electron chi connectivity index (χ4n) is 3.41. The lowest BCUT2D eigenvalue weighted by Gasteiger charge is -2.29. The highest BCUT2D eigenvalue weighted by Gasteiger charge is 2.23. The first-order valence-electron chi connectivity index (χ1n) is 9.05. The summed E-state index contributed by atoms with van der Waals surface area (Å²) in [4.78, 5) is 20.8. The van der Waals surface area contributed by atoms with Crippen LogP contribution >= 0.6 is 23.2 Å². The third-order valence-electron chi connectivity index (χ3n) is 4.73. The van der Waals surface area contributed by atoms with Crippen LogP contribution < -0.4 is 5.32 Å². The summed E-state index contributed by atoms with van der Waals surface area (Å²) in [6, 6.07) is 16.2. The molecule has 1 aliphatic carbocycles. The number of carbonyl (C=O) groups is 2. The first-order valence-corrected chi connectivity index (χ1v) is 9.81. The Kier molecular flexibility index (Phi) is 8.61. The summed E-state index contributed by atoms with van der Waals surface area (Å²) in [6.07, 6.45) is 2.77. The summed E-state index contributed by atoms with van der Waals surface area (Å²) in [5.41, 5.74) is 2.23. The lowest BCUT2D eigenvalue weighted by atomic mass is 9.82. The van der Waals surface area contributed by atoms with Crippen molar-refractivity contribution in [3.63, 3.8) is 0 Å². The smallest absolute Gasteiger partial charge is 0.450 e. The second-order valence-electron chi connectivity index (χ2n) is 6.72. The third kappa shape index (κ3) is 7.41. The molecule has 0 bridgehead atoms. The summed E-state index contributed by atoms with van der Waals surface area (Å²) in [6.45, 7) is 0. The van der Waals surface area contributed by atoms with E-state index in [1.165, 1.54) is 5.56 Å². The Morgan fingerprint density at radius 3 is 2.14 bits per heavy atom. The largest absolute Gasteiger partial charge is 0.503 e. The average Bonchev–Trinajstić information content (AvgIpc) is 2.65. The molecule has 1 amide bonds. The number of amides is 1. The fraction of sp³-hybridized carbons (Fsp3) is 0.333. The van der Waals surface area contributed by atoms with Crippen molar-refractivity contribution in [2.45, 2.75) is 44.1 Å². The van der Waals surface area contributed by atoms with Crippen molar-refractivity contribution in [1.29, 1.82) is 0 Å². The Hall–Kier alpha value is -2.24. The average molecular weight is 424 g/mol. The maximum atomic E-state index is 12.3. The molecule has 0 heterocycles. The zero-order chi connectivity index (χ0) is 20.5. The van der Waals surface area contributed by atoms with E-state index < -0.39 is 6.16 Å². The fourth-order valence-corrected chi connectivity index (χ4v) is 3.89. The molecular formula is C21H23Cl2NO4. The van der Waals surface area contributed by atoms with Crippen LogP contribution in [0.15, 0.2) is 48.5 Å². The van der Waals surface area contributed by atoms with Crippen molar-refractivity contribution in [3.05, 3.63) is 69.7 Å². The molecule has 0 saturated heterocycles. The van der Waals surface area contributed by atoms with Gasteiger partial charge in [0.2, 0.25) is 5.91 Å². The maximum absolute atomic E-state index is 12.3. The van der Waals surface area contributed by atoms with Gasteiger partial charge in [0.05, 0.1) is 6.42 Å². The van der Waals surface area contributed by atoms with Crippen molar-refractivity contribution in [2.24, 2.45) is 0 Å². The van der Waals surface area contributed by atoms with Crippen LogP contribution in [0.5, 0.6) is 0 Å². The van der Waals surface area contributed by atoms with E-state index in [1.54, 1.807) is 12.1 Å². The van der Waals surface area contributed by atoms with Crippen molar-refractivity contribution in [3.8, 4) is 0 Å².